The molecular weight excluding hydrogens is 383 g/mol. The van der Waals surface area contributed by atoms with Crippen LogP contribution in [0.2, 0.25) is 5.02 Å². The molecule has 4 rings (SSSR count). The van der Waals surface area contributed by atoms with Crippen LogP contribution in [-0.4, -0.2) is 9.97 Å². The van der Waals surface area contributed by atoms with Gasteiger partial charge in [-0.3, -0.25) is 0 Å². The zero-order chi connectivity index (χ0) is 18.5. The van der Waals surface area contributed by atoms with Crippen LogP contribution in [0.1, 0.15) is 29.3 Å². The van der Waals surface area contributed by atoms with E-state index in [0.717, 1.165) is 41.6 Å². The first-order valence-corrected chi connectivity index (χ1v) is 9.41. The van der Waals surface area contributed by atoms with E-state index in [4.69, 9.17) is 11.6 Å². The largest absolute Gasteiger partial charge is 0.416 e. The fourth-order valence-corrected chi connectivity index (χ4v) is 4.81. The predicted octanol–water partition coefficient (Wildman–Crippen LogP) is 6.23. The molecule has 8 heteroatoms. The molecule has 0 radical (unpaired) electrons. The number of alkyl halides is 3. The summed E-state index contributed by atoms with van der Waals surface area (Å²) in [6, 6.07) is 3.23. The van der Waals surface area contributed by atoms with Gasteiger partial charge in [0.1, 0.15) is 17.0 Å². The molecule has 26 heavy (non-hydrogen) atoms. The summed E-state index contributed by atoms with van der Waals surface area (Å²) >= 11 is 7.75. The number of halogens is 4. The van der Waals surface area contributed by atoms with E-state index < -0.39 is 11.7 Å². The highest BCUT2D eigenvalue weighted by molar-refractivity contribution is 7.19. The molecule has 1 aliphatic carbocycles. The Hall–Kier alpha value is -1.86. The normalized spacial score (nSPS) is 17.3. The number of hydrogen-bond donors (Lipinski definition) is 1. The molecule has 0 fully saturated rings. The highest BCUT2D eigenvalue weighted by Gasteiger charge is 2.31. The van der Waals surface area contributed by atoms with Gasteiger partial charge in [0.25, 0.3) is 0 Å². The summed E-state index contributed by atoms with van der Waals surface area (Å²) in [6.45, 7) is 2.22. The second kappa shape index (κ2) is 6.39. The van der Waals surface area contributed by atoms with Gasteiger partial charge >= 0.3 is 6.18 Å². The van der Waals surface area contributed by atoms with Gasteiger partial charge in [-0.05, 0) is 48.9 Å². The summed E-state index contributed by atoms with van der Waals surface area (Å²) in [6.07, 6.45) is 0.00370. The molecule has 3 nitrogen and oxygen atoms in total. The molecule has 2 heterocycles. The highest BCUT2D eigenvalue weighted by Crippen LogP contribution is 2.41. The Morgan fingerprint density at radius 2 is 2.08 bits per heavy atom. The maximum Gasteiger partial charge on any atom is 0.416 e. The SMILES string of the molecule is CC1CCc2c(sc3ncnc(Nc4cc(C(F)(F)F)ccc4Cl)c23)C1. The zero-order valence-corrected chi connectivity index (χ0v) is 15.4. The van der Waals surface area contributed by atoms with Gasteiger partial charge in [-0.15, -0.1) is 11.3 Å². The molecule has 1 N–H and O–H groups in total. The number of aromatic nitrogens is 2. The molecule has 3 aromatic rings. The number of aryl methyl sites for hydroxylation is 1. The Labute approximate surface area is 157 Å². The molecule has 1 unspecified atom stereocenters. The monoisotopic (exact) mass is 397 g/mol. The summed E-state index contributed by atoms with van der Waals surface area (Å²) in [5.74, 6) is 1.13. The van der Waals surface area contributed by atoms with Crippen molar-refractivity contribution in [2.24, 2.45) is 5.92 Å². The lowest BCUT2D eigenvalue weighted by Gasteiger charge is -2.18. The van der Waals surface area contributed by atoms with Gasteiger partial charge in [-0.2, -0.15) is 13.2 Å². The third kappa shape index (κ3) is 3.14. The second-order valence-corrected chi connectivity index (χ2v) is 8.06. The molecule has 1 atom stereocenters. The highest BCUT2D eigenvalue weighted by atomic mass is 35.5. The minimum absolute atomic E-state index is 0.186. The minimum atomic E-state index is -4.43. The number of nitrogens with one attached hydrogen (secondary N) is 1. The third-order valence-corrected chi connectivity index (χ3v) is 6.13. The first-order chi connectivity index (χ1) is 12.3. The van der Waals surface area contributed by atoms with E-state index in [0.29, 0.717) is 11.7 Å². The van der Waals surface area contributed by atoms with Gasteiger partial charge < -0.3 is 5.32 Å². The Morgan fingerprint density at radius 1 is 1.27 bits per heavy atom. The van der Waals surface area contributed by atoms with Gasteiger partial charge in [0.2, 0.25) is 0 Å². The van der Waals surface area contributed by atoms with E-state index in [9.17, 15) is 13.2 Å². The van der Waals surface area contributed by atoms with Crippen LogP contribution in [0.5, 0.6) is 0 Å². The molecular formula is C18H15ClF3N3S. The Bertz CT molecular complexity index is 984. The Morgan fingerprint density at radius 3 is 2.85 bits per heavy atom. The Balaban J connectivity index is 1.79. The van der Waals surface area contributed by atoms with Crippen molar-refractivity contribution in [1.82, 2.24) is 9.97 Å². The van der Waals surface area contributed by atoms with Crippen LogP contribution < -0.4 is 5.32 Å². The van der Waals surface area contributed by atoms with Crippen LogP contribution >= 0.6 is 22.9 Å². The quantitative estimate of drug-likeness (QED) is 0.556. The van der Waals surface area contributed by atoms with E-state index in [-0.39, 0.29) is 10.7 Å². The molecule has 0 bridgehead atoms. The lowest BCUT2D eigenvalue weighted by molar-refractivity contribution is -0.137. The van der Waals surface area contributed by atoms with Crippen molar-refractivity contribution in [3.63, 3.8) is 0 Å². The average Bonchev–Trinajstić information content (AvgIpc) is 2.94. The van der Waals surface area contributed by atoms with E-state index in [2.05, 4.69) is 22.2 Å². The minimum Gasteiger partial charge on any atom is -0.338 e. The van der Waals surface area contributed by atoms with E-state index >= 15 is 0 Å². The molecule has 2 aromatic heterocycles. The van der Waals surface area contributed by atoms with E-state index in [1.54, 1.807) is 11.3 Å². The fourth-order valence-electron chi connectivity index (χ4n) is 3.29. The van der Waals surface area contributed by atoms with Crippen LogP contribution in [0.25, 0.3) is 10.2 Å². The lowest BCUT2D eigenvalue weighted by Crippen LogP contribution is -2.09. The summed E-state index contributed by atoms with van der Waals surface area (Å²) in [5, 5.41) is 4.11. The van der Waals surface area contributed by atoms with Crippen molar-refractivity contribution >= 4 is 44.7 Å². The van der Waals surface area contributed by atoms with Crippen molar-refractivity contribution in [3.8, 4) is 0 Å². The van der Waals surface area contributed by atoms with Gasteiger partial charge in [0.05, 0.1) is 21.7 Å². The number of fused-ring (bicyclic) bond motifs is 3. The summed E-state index contributed by atoms with van der Waals surface area (Å²) in [7, 11) is 0. The number of nitrogens with zero attached hydrogens (tertiary/aromatic N) is 2. The second-order valence-electron chi connectivity index (χ2n) is 6.57. The molecule has 0 spiro atoms. The van der Waals surface area contributed by atoms with Crippen molar-refractivity contribution in [3.05, 3.63) is 45.6 Å². The van der Waals surface area contributed by atoms with Crippen LogP contribution in [0.3, 0.4) is 0 Å². The van der Waals surface area contributed by atoms with Gasteiger partial charge in [0, 0.05) is 4.88 Å². The number of benzene rings is 1. The molecule has 1 aromatic carbocycles. The van der Waals surface area contributed by atoms with Gasteiger partial charge in [-0.1, -0.05) is 18.5 Å². The molecule has 0 saturated carbocycles. The maximum atomic E-state index is 13.0. The van der Waals surface area contributed by atoms with Crippen LogP contribution in [0.15, 0.2) is 24.5 Å². The topological polar surface area (TPSA) is 37.8 Å². The predicted molar refractivity (Wildman–Crippen MR) is 98.3 cm³/mol. The summed E-state index contributed by atoms with van der Waals surface area (Å²) < 4.78 is 39.0. The van der Waals surface area contributed by atoms with Gasteiger partial charge in [-0.25, -0.2) is 9.97 Å². The summed E-state index contributed by atoms with van der Waals surface area (Å²) in [4.78, 5) is 10.8. The molecule has 0 saturated heterocycles. The average molecular weight is 398 g/mol. The molecule has 0 aliphatic heterocycles. The zero-order valence-electron chi connectivity index (χ0n) is 13.8. The molecule has 0 amide bonds. The molecule has 1 aliphatic rings. The van der Waals surface area contributed by atoms with Crippen LogP contribution in [-0.2, 0) is 19.0 Å². The standard InChI is InChI=1S/C18H15ClF3N3S/c1-9-2-4-11-14(6-9)26-17-15(11)16(23-8-24-17)25-13-7-10(18(20,21)22)3-5-12(13)19/h3,5,7-9H,2,4,6H2,1H3,(H,23,24,25). The smallest absolute Gasteiger partial charge is 0.338 e. The van der Waals surface area contributed by atoms with Crippen molar-refractivity contribution in [2.45, 2.75) is 32.4 Å². The molecule has 136 valence electrons. The van der Waals surface area contributed by atoms with Gasteiger partial charge in [0.15, 0.2) is 0 Å². The first-order valence-electron chi connectivity index (χ1n) is 8.22. The van der Waals surface area contributed by atoms with Crippen LogP contribution in [0, 0.1) is 5.92 Å². The first kappa shape index (κ1) is 17.5. The van der Waals surface area contributed by atoms with Crippen molar-refractivity contribution < 1.29 is 13.2 Å². The number of anilines is 2. The summed E-state index contributed by atoms with van der Waals surface area (Å²) in [5.41, 5.74) is 0.635. The van der Waals surface area contributed by atoms with Crippen molar-refractivity contribution in [1.29, 1.82) is 0 Å². The lowest BCUT2D eigenvalue weighted by atomic mass is 9.89. The Kier molecular flexibility index (Phi) is 4.31. The van der Waals surface area contributed by atoms with E-state index in [1.165, 1.54) is 22.8 Å². The number of rotatable bonds is 2. The fraction of sp³-hybridized carbons (Fsp3) is 0.333. The van der Waals surface area contributed by atoms with E-state index in [1.807, 2.05) is 0 Å². The number of hydrogen-bond acceptors (Lipinski definition) is 4. The number of thiophene rings is 1. The van der Waals surface area contributed by atoms with Crippen LogP contribution in [0.4, 0.5) is 24.7 Å². The third-order valence-electron chi connectivity index (χ3n) is 4.64. The maximum absolute atomic E-state index is 13.0. The van der Waals surface area contributed by atoms with Crippen molar-refractivity contribution in [2.75, 3.05) is 5.32 Å².